The van der Waals surface area contributed by atoms with E-state index in [0.717, 1.165) is 17.7 Å². The van der Waals surface area contributed by atoms with Gasteiger partial charge in [-0.05, 0) is 31.6 Å². The number of rotatable bonds is 2. The van der Waals surface area contributed by atoms with Crippen molar-refractivity contribution in [2.24, 2.45) is 5.92 Å². The van der Waals surface area contributed by atoms with E-state index >= 15 is 0 Å². The van der Waals surface area contributed by atoms with Crippen LogP contribution in [-0.2, 0) is 0 Å². The van der Waals surface area contributed by atoms with Crippen LogP contribution in [0.5, 0.6) is 0 Å². The molecular weight excluding hydrogens is 245 g/mol. The highest BCUT2D eigenvalue weighted by molar-refractivity contribution is 5.75. The molecular formula is C12H19F3N2O. The highest BCUT2D eigenvalue weighted by Crippen LogP contribution is 2.31. The fourth-order valence-corrected chi connectivity index (χ4v) is 2.48. The van der Waals surface area contributed by atoms with Crippen molar-refractivity contribution in [2.75, 3.05) is 19.6 Å². The summed E-state index contributed by atoms with van der Waals surface area (Å²) in [6.45, 7) is 2.09. The summed E-state index contributed by atoms with van der Waals surface area (Å²) in [6, 6.07) is -0.627. The predicted molar refractivity (Wildman–Crippen MR) is 61.2 cm³/mol. The van der Waals surface area contributed by atoms with Gasteiger partial charge < -0.3 is 9.80 Å². The van der Waals surface area contributed by atoms with Crippen LogP contribution >= 0.6 is 0 Å². The van der Waals surface area contributed by atoms with Gasteiger partial charge in [0.05, 0.1) is 0 Å². The van der Waals surface area contributed by atoms with E-state index in [1.54, 1.807) is 4.90 Å². The number of nitrogens with zero attached hydrogens (tertiary/aromatic N) is 2. The zero-order chi connectivity index (χ0) is 13.3. The van der Waals surface area contributed by atoms with Crippen LogP contribution in [0.4, 0.5) is 18.0 Å². The van der Waals surface area contributed by atoms with Crippen LogP contribution in [0.25, 0.3) is 0 Å². The van der Waals surface area contributed by atoms with E-state index in [0.29, 0.717) is 31.8 Å². The molecule has 0 bridgehead atoms. The quantitative estimate of drug-likeness (QED) is 0.752. The Morgan fingerprint density at radius 1 is 1.33 bits per heavy atom. The van der Waals surface area contributed by atoms with Crippen molar-refractivity contribution in [3.05, 3.63) is 0 Å². The van der Waals surface area contributed by atoms with Crippen molar-refractivity contribution < 1.29 is 18.0 Å². The number of carbonyl (C=O) groups excluding carboxylic acids is 1. The number of alkyl halides is 3. The number of piperidine rings is 1. The minimum atomic E-state index is -4.31. The predicted octanol–water partition coefficient (Wildman–Crippen LogP) is 2.87. The molecule has 2 amide bonds. The van der Waals surface area contributed by atoms with E-state index in [2.05, 4.69) is 0 Å². The van der Waals surface area contributed by atoms with Gasteiger partial charge in [-0.1, -0.05) is 6.92 Å². The molecule has 0 aromatic rings. The van der Waals surface area contributed by atoms with Gasteiger partial charge in [-0.2, -0.15) is 13.2 Å². The second-order valence-corrected chi connectivity index (χ2v) is 5.45. The number of hydrogen-bond donors (Lipinski definition) is 0. The molecule has 1 saturated carbocycles. The van der Waals surface area contributed by atoms with E-state index in [1.807, 2.05) is 6.92 Å². The summed E-state index contributed by atoms with van der Waals surface area (Å²) in [7, 11) is 0. The Morgan fingerprint density at radius 3 is 2.50 bits per heavy atom. The van der Waals surface area contributed by atoms with E-state index in [9.17, 15) is 18.0 Å². The molecule has 0 N–H and O–H groups in total. The van der Waals surface area contributed by atoms with Gasteiger partial charge in [-0.3, -0.25) is 0 Å². The molecule has 2 rings (SSSR count). The molecule has 1 heterocycles. The fourth-order valence-electron chi connectivity index (χ4n) is 2.48. The van der Waals surface area contributed by atoms with Crippen LogP contribution < -0.4 is 0 Å². The van der Waals surface area contributed by atoms with Crippen molar-refractivity contribution in [3.8, 4) is 0 Å². The Kier molecular flexibility index (Phi) is 3.73. The highest BCUT2D eigenvalue weighted by Gasteiger charge is 2.42. The average Bonchev–Trinajstić information content (AvgIpc) is 3.07. The average molecular weight is 264 g/mol. The number of likely N-dealkylation sites (tertiary alicyclic amines) is 1. The molecule has 1 aliphatic heterocycles. The standard InChI is InChI=1S/C12H19F3N2O/c1-9-3-2-6-16(7-9)11(18)17(10-4-5-10)8-12(13,14)15/h9-10H,2-8H2,1H3. The lowest BCUT2D eigenvalue weighted by molar-refractivity contribution is -0.142. The number of urea groups is 1. The zero-order valence-corrected chi connectivity index (χ0v) is 10.5. The molecule has 3 nitrogen and oxygen atoms in total. The van der Waals surface area contributed by atoms with Crippen molar-refractivity contribution in [1.29, 1.82) is 0 Å². The molecule has 1 unspecified atom stereocenters. The highest BCUT2D eigenvalue weighted by atomic mass is 19.4. The first-order valence-electron chi connectivity index (χ1n) is 6.49. The summed E-state index contributed by atoms with van der Waals surface area (Å²) in [5.41, 5.74) is 0. The van der Waals surface area contributed by atoms with Crippen LogP contribution in [0.1, 0.15) is 32.6 Å². The smallest absolute Gasteiger partial charge is 0.324 e. The van der Waals surface area contributed by atoms with Crippen molar-refractivity contribution in [2.45, 2.75) is 44.8 Å². The van der Waals surface area contributed by atoms with Crippen LogP contribution in [0.15, 0.2) is 0 Å². The molecule has 18 heavy (non-hydrogen) atoms. The third-order valence-corrected chi connectivity index (χ3v) is 3.51. The Balaban J connectivity index is 1.99. The Morgan fingerprint density at radius 2 is 2.00 bits per heavy atom. The number of amides is 2. The SMILES string of the molecule is CC1CCCN(C(=O)N(CC(F)(F)F)C2CC2)C1. The molecule has 0 aromatic heterocycles. The summed E-state index contributed by atoms with van der Waals surface area (Å²) in [4.78, 5) is 14.7. The second-order valence-electron chi connectivity index (χ2n) is 5.45. The first-order chi connectivity index (χ1) is 8.37. The zero-order valence-electron chi connectivity index (χ0n) is 10.5. The molecule has 0 radical (unpaired) electrons. The lowest BCUT2D eigenvalue weighted by Gasteiger charge is -2.35. The molecule has 2 aliphatic rings. The van der Waals surface area contributed by atoms with Gasteiger partial charge in [0.15, 0.2) is 0 Å². The van der Waals surface area contributed by atoms with Crippen LogP contribution in [-0.4, -0.2) is 47.7 Å². The van der Waals surface area contributed by atoms with Gasteiger partial charge in [0.1, 0.15) is 6.54 Å². The third kappa shape index (κ3) is 3.53. The van der Waals surface area contributed by atoms with Gasteiger partial charge >= 0.3 is 12.2 Å². The maximum atomic E-state index is 12.5. The topological polar surface area (TPSA) is 23.6 Å². The van der Waals surface area contributed by atoms with Gasteiger partial charge in [0.2, 0.25) is 0 Å². The molecule has 0 spiro atoms. The van der Waals surface area contributed by atoms with E-state index in [-0.39, 0.29) is 6.04 Å². The van der Waals surface area contributed by atoms with Gasteiger partial charge in [0.25, 0.3) is 0 Å². The Labute approximate surface area is 105 Å². The van der Waals surface area contributed by atoms with E-state index < -0.39 is 18.8 Å². The lowest BCUT2D eigenvalue weighted by Crippen LogP contribution is -2.50. The van der Waals surface area contributed by atoms with Crippen LogP contribution in [0.2, 0.25) is 0 Å². The summed E-state index contributed by atoms with van der Waals surface area (Å²) in [6.07, 6.45) is -0.972. The van der Waals surface area contributed by atoms with Crippen LogP contribution in [0, 0.1) is 5.92 Å². The molecule has 104 valence electrons. The molecule has 0 aromatic carbocycles. The fraction of sp³-hybridized carbons (Fsp3) is 0.917. The maximum absolute atomic E-state index is 12.5. The van der Waals surface area contributed by atoms with E-state index in [1.165, 1.54) is 0 Å². The third-order valence-electron chi connectivity index (χ3n) is 3.51. The van der Waals surface area contributed by atoms with E-state index in [4.69, 9.17) is 0 Å². The van der Waals surface area contributed by atoms with Crippen molar-refractivity contribution >= 4 is 6.03 Å². The normalized spacial score (nSPS) is 25.1. The molecule has 2 fully saturated rings. The summed E-state index contributed by atoms with van der Waals surface area (Å²) in [5, 5.41) is 0. The largest absolute Gasteiger partial charge is 0.406 e. The first kappa shape index (κ1) is 13.5. The first-order valence-corrected chi connectivity index (χ1v) is 6.49. The summed E-state index contributed by atoms with van der Waals surface area (Å²) < 4.78 is 37.5. The lowest BCUT2D eigenvalue weighted by atomic mass is 10.0. The van der Waals surface area contributed by atoms with Crippen LogP contribution in [0.3, 0.4) is 0 Å². The number of hydrogen-bond acceptors (Lipinski definition) is 1. The minimum Gasteiger partial charge on any atom is -0.324 e. The monoisotopic (exact) mass is 264 g/mol. The van der Waals surface area contributed by atoms with Crippen molar-refractivity contribution in [3.63, 3.8) is 0 Å². The summed E-state index contributed by atoms with van der Waals surface area (Å²) >= 11 is 0. The minimum absolute atomic E-state index is 0.198. The molecule has 6 heteroatoms. The second kappa shape index (κ2) is 4.97. The Bertz CT molecular complexity index is 315. The van der Waals surface area contributed by atoms with Gasteiger partial charge in [0, 0.05) is 19.1 Å². The number of halogens is 3. The molecule has 1 atom stereocenters. The maximum Gasteiger partial charge on any atom is 0.406 e. The van der Waals surface area contributed by atoms with Gasteiger partial charge in [-0.15, -0.1) is 0 Å². The summed E-state index contributed by atoms with van der Waals surface area (Å²) in [5.74, 6) is 0.384. The van der Waals surface area contributed by atoms with Gasteiger partial charge in [-0.25, -0.2) is 4.79 Å². The number of carbonyl (C=O) groups is 1. The van der Waals surface area contributed by atoms with Crippen molar-refractivity contribution in [1.82, 2.24) is 9.80 Å². The molecule has 1 aliphatic carbocycles. The molecule has 1 saturated heterocycles. The Hall–Kier alpha value is -0.940.